The van der Waals surface area contributed by atoms with Gasteiger partial charge in [0, 0.05) is 30.0 Å². The highest BCUT2D eigenvalue weighted by atomic mass is 16.5. The second kappa shape index (κ2) is 5.17. The Hall–Kier alpha value is -2.62. The summed E-state index contributed by atoms with van der Waals surface area (Å²) in [6.07, 6.45) is 5.57. The number of rotatable bonds is 2. The molecule has 0 unspecified atom stereocenters. The first-order valence-corrected chi connectivity index (χ1v) is 6.35. The first-order chi connectivity index (χ1) is 9.74. The molecule has 1 aromatic heterocycles. The fraction of sp³-hybridized carbons (Fsp3) is 0.125. The third-order valence-electron chi connectivity index (χ3n) is 3.26. The Bertz CT molecular complexity index is 677. The molecule has 0 saturated carbocycles. The van der Waals surface area contributed by atoms with Crippen LogP contribution >= 0.6 is 0 Å². The first-order valence-electron chi connectivity index (χ1n) is 6.35. The fourth-order valence-corrected chi connectivity index (χ4v) is 2.22. The average Bonchev–Trinajstić information content (AvgIpc) is 2.69. The number of benzene rings is 1. The summed E-state index contributed by atoms with van der Waals surface area (Å²) in [5, 5.41) is 9.14. The van der Waals surface area contributed by atoms with E-state index in [0.29, 0.717) is 18.6 Å². The van der Waals surface area contributed by atoms with Crippen LogP contribution in [0.3, 0.4) is 0 Å². The van der Waals surface area contributed by atoms with Crippen molar-refractivity contribution in [3.05, 3.63) is 53.9 Å². The maximum atomic E-state index is 11.1. The quantitative estimate of drug-likeness (QED) is 0.908. The van der Waals surface area contributed by atoms with Gasteiger partial charge in [-0.25, -0.2) is 4.79 Å². The van der Waals surface area contributed by atoms with Gasteiger partial charge in [-0.3, -0.25) is 4.98 Å². The third kappa shape index (κ3) is 2.40. The van der Waals surface area contributed by atoms with E-state index in [9.17, 15) is 4.79 Å². The van der Waals surface area contributed by atoms with Gasteiger partial charge in [-0.15, -0.1) is 0 Å². The van der Waals surface area contributed by atoms with Gasteiger partial charge in [0.1, 0.15) is 5.75 Å². The van der Waals surface area contributed by atoms with E-state index in [0.717, 1.165) is 22.4 Å². The molecule has 2 heterocycles. The normalized spacial score (nSPS) is 13.7. The van der Waals surface area contributed by atoms with Crippen molar-refractivity contribution in [1.29, 1.82) is 0 Å². The summed E-state index contributed by atoms with van der Waals surface area (Å²) in [7, 11) is 0. The molecular formula is C16H13NO3. The Kier molecular flexibility index (Phi) is 3.21. The highest BCUT2D eigenvalue weighted by Gasteiger charge is 2.14. The highest BCUT2D eigenvalue weighted by molar-refractivity contribution is 5.93. The van der Waals surface area contributed by atoms with Crippen LogP contribution in [0.15, 0.2) is 48.3 Å². The molecule has 1 aliphatic heterocycles. The largest absolute Gasteiger partial charge is 0.493 e. The number of aliphatic carboxylic acids is 1. The van der Waals surface area contributed by atoms with E-state index in [4.69, 9.17) is 9.84 Å². The molecule has 100 valence electrons. The molecule has 4 nitrogen and oxygen atoms in total. The smallest absolute Gasteiger partial charge is 0.331 e. The van der Waals surface area contributed by atoms with Gasteiger partial charge in [0.15, 0.2) is 0 Å². The van der Waals surface area contributed by atoms with Crippen molar-refractivity contribution in [3.63, 3.8) is 0 Å². The van der Waals surface area contributed by atoms with Crippen LogP contribution in [0, 0.1) is 0 Å². The molecule has 1 aliphatic rings. The van der Waals surface area contributed by atoms with Gasteiger partial charge in [-0.2, -0.15) is 0 Å². The summed E-state index contributed by atoms with van der Waals surface area (Å²) >= 11 is 0. The van der Waals surface area contributed by atoms with E-state index in [-0.39, 0.29) is 0 Å². The first kappa shape index (κ1) is 12.4. The van der Waals surface area contributed by atoms with Crippen LogP contribution in [0.25, 0.3) is 17.2 Å². The second-order valence-electron chi connectivity index (χ2n) is 4.56. The van der Waals surface area contributed by atoms with Crippen LogP contribution in [0.4, 0.5) is 0 Å². The molecular weight excluding hydrogens is 254 g/mol. The molecule has 4 heteroatoms. The molecule has 20 heavy (non-hydrogen) atoms. The summed E-state index contributed by atoms with van der Waals surface area (Å²) in [6, 6.07) is 9.63. The summed E-state index contributed by atoms with van der Waals surface area (Å²) < 4.78 is 5.59. The molecule has 0 fully saturated rings. The summed E-state index contributed by atoms with van der Waals surface area (Å²) in [5.74, 6) is -0.171. The molecule has 0 bridgehead atoms. The van der Waals surface area contributed by atoms with Crippen molar-refractivity contribution in [3.8, 4) is 16.9 Å². The Balaban J connectivity index is 2.07. The number of fused-ring (bicyclic) bond motifs is 1. The minimum atomic E-state index is -0.893. The molecule has 0 atom stereocenters. The van der Waals surface area contributed by atoms with E-state index < -0.39 is 5.97 Å². The zero-order valence-corrected chi connectivity index (χ0v) is 10.7. The lowest BCUT2D eigenvalue weighted by Crippen LogP contribution is -2.03. The lowest BCUT2D eigenvalue weighted by Gasteiger charge is -2.08. The van der Waals surface area contributed by atoms with Crippen molar-refractivity contribution >= 4 is 12.0 Å². The highest BCUT2D eigenvalue weighted by Crippen LogP contribution is 2.30. The van der Waals surface area contributed by atoms with Crippen LogP contribution in [-0.2, 0) is 4.79 Å². The monoisotopic (exact) mass is 267 g/mol. The number of hydrogen-bond donors (Lipinski definition) is 1. The van der Waals surface area contributed by atoms with Crippen LogP contribution < -0.4 is 4.74 Å². The number of carboxylic acid groups (broad SMARTS) is 1. The van der Waals surface area contributed by atoms with Crippen molar-refractivity contribution in [2.45, 2.75) is 6.42 Å². The minimum absolute atomic E-state index is 0.371. The van der Waals surface area contributed by atoms with E-state index >= 15 is 0 Å². The molecule has 0 spiro atoms. The molecule has 1 N–H and O–H groups in total. The lowest BCUT2D eigenvalue weighted by atomic mass is 10.0. The van der Waals surface area contributed by atoms with Gasteiger partial charge in [0.05, 0.1) is 6.61 Å². The number of pyridine rings is 1. The fourth-order valence-electron chi connectivity index (χ4n) is 2.22. The van der Waals surface area contributed by atoms with Crippen LogP contribution in [-0.4, -0.2) is 22.7 Å². The number of carboxylic acids is 1. The number of nitrogens with zero attached hydrogens (tertiary/aromatic N) is 1. The summed E-state index contributed by atoms with van der Waals surface area (Å²) in [4.78, 5) is 15.1. The van der Waals surface area contributed by atoms with Crippen molar-refractivity contribution in [1.82, 2.24) is 4.98 Å². The molecule has 3 rings (SSSR count). The average molecular weight is 267 g/mol. The van der Waals surface area contributed by atoms with Gasteiger partial charge >= 0.3 is 5.97 Å². The Morgan fingerprint density at radius 2 is 1.95 bits per heavy atom. The maximum Gasteiger partial charge on any atom is 0.331 e. The van der Waals surface area contributed by atoms with Gasteiger partial charge in [0.25, 0.3) is 0 Å². The molecule has 0 saturated heterocycles. The number of aromatic nitrogens is 1. The third-order valence-corrected chi connectivity index (χ3v) is 3.26. The molecule has 1 aromatic carbocycles. The summed E-state index contributed by atoms with van der Waals surface area (Å²) in [5.41, 5.74) is 3.22. The van der Waals surface area contributed by atoms with E-state index in [1.807, 2.05) is 30.3 Å². The standard InChI is InChI=1S/C16H13NO3/c18-16(19)13-5-8-20-15-2-1-12(9-14(15)10-13)11-3-6-17-7-4-11/h1-4,6-7,9-10H,5,8H2,(H,18,19). The molecule has 0 radical (unpaired) electrons. The lowest BCUT2D eigenvalue weighted by molar-refractivity contribution is -0.132. The van der Waals surface area contributed by atoms with Gasteiger partial charge in [-0.05, 0) is 41.5 Å². The Morgan fingerprint density at radius 3 is 2.70 bits per heavy atom. The zero-order chi connectivity index (χ0) is 13.9. The van der Waals surface area contributed by atoms with E-state index in [1.165, 1.54) is 0 Å². The van der Waals surface area contributed by atoms with E-state index in [2.05, 4.69) is 4.98 Å². The van der Waals surface area contributed by atoms with Gasteiger partial charge < -0.3 is 9.84 Å². The molecule has 2 aromatic rings. The van der Waals surface area contributed by atoms with Crippen LogP contribution in [0.2, 0.25) is 0 Å². The van der Waals surface area contributed by atoms with E-state index in [1.54, 1.807) is 18.5 Å². The second-order valence-corrected chi connectivity index (χ2v) is 4.56. The number of carbonyl (C=O) groups is 1. The van der Waals surface area contributed by atoms with Gasteiger partial charge in [-0.1, -0.05) is 6.07 Å². The maximum absolute atomic E-state index is 11.1. The predicted molar refractivity (Wildman–Crippen MR) is 75.4 cm³/mol. The zero-order valence-electron chi connectivity index (χ0n) is 10.7. The van der Waals surface area contributed by atoms with Crippen LogP contribution in [0.1, 0.15) is 12.0 Å². The van der Waals surface area contributed by atoms with Crippen molar-refractivity contribution in [2.75, 3.05) is 6.61 Å². The molecule has 0 amide bonds. The Labute approximate surface area is 116 Å². The Morgan fingerprint density at radius 1 is 1.15 bits per heavy atom. The minimum Gasteiger partial charge on any atom is -0.493 e. The number of hydrogen-bond acceptors (Lipinski definition) is 3. The van der Waals surface area contributed by atoms with Gasteiger partial charge in [0.2, 0.25) is 0 Å². The topological polar surface area (TPSA) is 59.4 Å². The molecule has 0 aliphatic carbocycles. The SMILES string of the molecule is O=C(O)C1=Cc2cc(-c3ccncc3)ccc2OCC1. The van der Waals surface area contributed by atoms with Crippen molar-refractivity contribution < 1.29 is 14.6 Å². The predicted octanol–water partition coefficient (Wildman–Crippen LogP) is 3.00. The summed E-state index contributed by atoms with van der Waals surface area (Å²) in [6.45, 7) is 0.389. The van der Waals surface area contributed by atoms with Crippen molar-refractivity contribution in [2.24, 2.45) is 0 Å². The van der Waals surface area contributed by atoms with Crippen LogP contribution in [0.5, 0.6) is 5.75 Å². The number of ether oxygens (including phenoxy) is 1.